The number of esters is 1. The van der Waals surface area contributed by atoms with Crippen LogP contribution in [0.5, 0.6) is 0 Å². The van der Waals surface area contributed by atoms with Crippen molar-refractivity contribution in [2.45, 2.75) is 6.92 Å². The third-order valence-electron chi connectivity index (χ3n) is 4.53. The van der Waals surface area contributed by atoms with Crippen LogP contribution in [0.15, 0.2) is 84.9 Å². The summed E-state index contributed by atoms with van der Waals surface area (Å²) in [7, 11) is 0. The maximum Gasteiger partial charge on any atom is 0.342 e. The van der Waals surface area contributed by atoms with Gasteiger partial charge in [0.25, 0.3) is 0 Å². The lowest BCUT2D eigenvalue weighted by molar-refractivity contribution is 0.0528. The van der Waals surface area contributed by atoms with Crippen molar-refractivity contribution >= 4 is 5.97 Å². The topological polar surface area (TPSA) is 44.1 Å². The minimum atomic E-state index is -0.465. The number of hydrogen-bond acceptors (Lipinski definition) is 3. The van der Waals surface area contributed by atoms with E-state index in [0.29, 0.717) is 22.5 Å². The summed E-state index contributed by atoms with van der Waals surface area (Å²) in [5.74, 6) is -0.815. The van der Waals surface area contributed by atoms with Crippen molar-refractivity contribution in [2.24, 2.45) is 0 Å². The van der Waals surface area contributed by atoms with Crippen molar-refractivity contribution in [3.63, 3.8) is 0 Å². The molecule has 0 saturated heterocycles. The van der Waals surface area contributed by atoms with Gasteiger partial charge in [0, 0.05) is 11.1 Å². The van der Waals surface area contributed by atoms with Gasteiger partial charge in [0.05, 0.1) is 18.0 Å². The molecule has 3 aromatic carbocycles. The molecule has 0 unspecified atom stereocenters. The van der Waals surface area contributed by atoms with E-state index in [-0.39, 0.29) is 12.4 Å². The number of para-hydroxylation sites is 1. The van der Waals surface area contributed by atoms with Crippen molar-refractivity contribution < 1.29 is 13.9 Å². The Balaban J connectivity index is 2.04. The molecule has 4 rings (SSSR count). The highest BCUT2D eigenvalue weighted by Crippen LogP contribution is 2.35. The van der Waals surface area contributed by atoms with Gasteiger partial charge in [0.1, 0.15) is 17.1 Å². The Kier molecular flexibility index (Phi) is 5.20. The van der Waals surface area contributed by atoms with Gasteiger partial charge in [-0.25, -0.2) is 13.9 Å². The summed E-state index contributed by atoms with van der Waals surface area (Å²) in [6.45, 7) is 2.01. The Morgan fingerprint density at radius 3 is 2.14 bits per heavy atom. The Labute approximate surface area is 168 Å². The van der Waals surface area contributed by atoms with Crippen molar-refractivity contribution in [3.8, 4) is 28.2 Å². The SMILES string of the molecule is CCOC(=O)c1c(-c2ccc(F)cc2)nn(-c2ccccc2)c1-c1ccccc1. The quantitative estimate of drug-likeness (QED) is 0.424. The third-order valence-corrected chi connectivity index (χ3v) is 4.53. The predicted octanol–water partition coefficient (Wildman–Crippen LogP) is 5.52. The van der Waals surface area contributed by atoms with E-state index in [1.54, 1.807) is 23.7 Å². The molecule has 0 aliphatic carbocycles. The molecule has 0 spiro atoms. The van der Waals surface area contributed by atoms with E-state index in [1.165, 1.54) is 12.1 Å². The van der Waals surface area contributed by atoms with E-state index < -0.39 is 5.97 Å². The van der Waals surface area contributed by atoms with Gasteiger partial charge < -0.3 is 4.74 Å². The molecule has 0 radical (unpaired) electrons. The van der Waals surface area contributed by atoms with Crippen LogP contribution in [0, 0.1) is 5.82 Å². The molecular weight excluding hydrogens is 367 g/mol. The van der Waals surface area contributed by atoms with Crippen LogP contribution in [0.25, 0.3) is 28.2 Å². The number of carbonyl (C=O) groups excluding carboxylic acids is 1. The second kappa shape index (κ2) is 8.10. The number of hydrogen-bond donors (Lipinski definition) is 0. The number of benzene rings is 3. The van der Waals surface area contributed by atoms with E-state index in [9.17, 15) is 9.18 Å². The van der Waals surface area contributed by atoms with Crippen LogP contribution < -0.4 is 0 Å². The minimum Gasteiger partial charge on any atom is -0.462 e. The molecule has 144 valence electrons. The molecule has 0 N–H and O–H groups in total. The first-order valence-electron chi connectivity index (χ1n) is 9.36. The molecule has 0 aliphatic rings. The number of ether oxygens (including phenoxy) is 1. The molecule has 0 fully saturated rings. The van der Waals surface area contributed by atoms with Gasteiger partial charge in [-0.3, -0.25) is 0 Å². The van der Waals surface area contributed by atoms with E-state index in [2.05, 4.69) is 0 Å². The fourth-order valence-corrected chi connectivity index (χ4v) is 3.24. The van der Waals surface area contributed by atoms with Crippen molar-refractivity contribution in [1.82, 2.24) is 9.78 Å². The Morgan fingerprint density at radius 2 is 1.52 bits per heavy atom. The molecule has 1 heterocycles. The van der Waals surface area contributed by atoms with Crippen LogP contribution in [0.2, 0.25) is 0 Å². The predicted molar refractivity (Wildman–Crippen MR) is 110 cm³/mol. The van der Waals surface area contributed by atoms with Crippen LogP contribution in [0.1, 0.15) is 17.3 Å². The summed E-state index contributed by atoms with van der Waals surface area (Å²) in [6, 6.07) is 25.1. The highest BCUT2D eigenvalue weighted by atomic mass is 19.1. The summed E-state index contributed by atoms with van der Waals surface area (Å²) in [4.78, 5) is 13.0. The molecule has 0 saturated carbocycles. The summed E-state index contributed by atoms with van der Waals surface area (Å²) in [6.07, 6.45) is 0. The van der Waals surface area contributed by atoms with Gasteiger partial charge in [-0.2, -0.15) is 5.10 Å². The zero-order chi connectivity index (χ0) is 20.2. The Bertz CT molecular complexity index is 1120. The minimum absolute atomic E-state index is 0.242. The van der Waals surface area contributed by atoms with Crippen LogP contribution in [-0.4, -0.2) is 22.4 Å². The molecule has 0 bridgehead atoms. The number of nitrogens with zero attached hydrogens (tertiary/aromatic N) is 2. The number of carbonyl (C=O) groups is 1. The summed E-state index contributed by atoms with van der Waals surface area (Å²) in [5, 5.41) is 4.75. The van der Waals surface area contributed by atoms with Crippen molar-refractivity contribution in [3.05, 3.63) is 96.3 Å². The van der Waals surface area contributed by atoms with Crippen LogP contribution in [0.3, 0.4) is 0 Å². The second-order valence-electron chi connectivity index (χ2n) is 6.41. The van der Waals surface area contributed by atoms with E-state index >= 15 is 0 Å². The molecule has 4 aromatic rings. The molecule has 1 aromatic heterocycles. The highest BCUT2D eigenvalue weighted by Gasteiger charge is 2.27. The molecular formula is C24H19FN2O2. The van der Waals surface area contributed by atoms with Crippen LogP contribution in [0.4, 0.5) is 4.39 Å². The molecule has 0 amide bonds. The average Bonchev–Trinajstić information content (AvgIpc) is 3.16. The van der Waals surface area contributed by atoms with Crippen LogP contribution >= 0.6 is 0 Å². The lowest BCUT2D eigenvalue weighted by atomic mass is 10.0. The fourth-order valence-electron chi connectivity index (χ4n) is 3.24. The lowest BCUT2D eigenvalue weighted by Crippen LogP contribution is -2.08. The number of rotatable bonds is 5. The summed E-state index contributed by atoms with van der Waals surface area (Å²) in [5.41, 5.74) is 3.72. The number of aromatic nitrogens is 2. The van der Waals surface area contributed by atoms with Crippen molar-refractivity contribution in [2.75, 3.05) is 6.61 Å². The molecule has 0 atom stereocenters. The van der Waals surface area contributed by atoms with Crippen molar-refractivity contribution in [1.29, 1.82) is 0 Å². The zero-order valence-corrected chi connectivity index (χ0v) is 15.9. The normalized spacial score (nSPS) is 10.7. The fraction of sp³-hybridized carbons (Fsp3) is 0.0833. The highest BCUT2D eigenvalue weighted by molar-refractivity contribution is 6.03. The first-order chi connectivity index (χ1) is 14.2. The largest absolute Gasteiger partial charge is 0.462 e. The Morgan fingerprint density at radius 1 is 0.897 bits per heavy atom. The summed E-state index contributed by atoms with van der Waals surface area (Å²) >= 11 is 0. The first-order valence-corrected chi connectivity index (χ1v) is 9.36. The van der Waals surface area contributed by atoms with E-state index in [1.807, 2.05) is 60.7 Å². The number of halogens is 1. The zero-order valence-electron chi connectivity index (χ0n) is 15.9. The molecule has 0 aliphatic heterocycles. The van der Waals surface area contributed by atoms with E-state index in [4.69, 9.17) is 9.84 Å². The molecule has 29 heavy (non-hydrogen) atoms. The Hall–Kier alpha value is -3.73. The third kappa shape index (κ3) is 3.67. The molecule has 5 heteroatoms. The smallest absolute Gasteiger partial charge is 0.342 e. The van der Waals surface area contributed by atoms with E-state index in [0.717, 1.165) is 11.3 Å². The maximum atomic E-state index is 13.5. The average molecular weight is 386 g/mol. The van der Waals surface area contributed by atoms with Gasteiger partial charge >= 0.3 is 5.97 Å². The lowest BCUT2D eigenvalue weighted by Gasteiger charge is -2.10. The monoisotopic (exact) mass is 386 g/mol. The van der Waals surface area contributed by atoms with Gasteiger partial charge in [0.15, 0.2) is 0 Å². The summed E-state index contributed by atoms with van der Waals surface area (Å²) < 4.78 is 20.6. The van der Waals surface area contributed by atoms with Gasteiger partial charge in [0.2, 0.25) is 0 Å². The maximum absolute atomic E-state index is 13.5. The first kappa shape index (κ1) is 18.6. The van der Waals surface area contributed by atoms with Crippen LogP contribution in [-0.2, 0) is 4.74 Å². The molecule has 4 nitrogen and oxygen atoms in total. The van der Waals surface area contributed by atoms with Gasteiger partial charge in [-0.05, 0) is 43.3 Å². The standard InChI is InChI=1S/C24H19FN2O2/c1-2-29-24(28)21-22(17-13-15-19(25)16-14-17)26-27(20-11-7-4-8-12-20)23(21)18-9-5-3-6-10-18/h3-16H,2H2,1H3. The second-order valence-corrected chi connectivity index (χ2v) is 6.41. The van der Waals surface area contributed by atoms with Gasteiger partial charge in [-0.15, -0.1) is 0 Å². The van der Waals surface area contributed by atoms with Gasteiger partial charge in [-0.1, -0.05) is 48.5 Å².